The molecule has 1 aliphatic heterocycles. The third-order valence-electron chi connectivity index (χ3n) is 4.53. The van der Waals surface area contributed by atoms with Crippen molar-refractivity contribution in [2.24, 2.45) is 5.92 Å². The van der Waals surface area contributed by atoms with Gasteiger partial charge in [0.25, 0.3) is 0 Å². The number of nitrogens with one attached hydrogen (secondary N) is 1. The number of hydrogen-bond donors (Lipinski definition) is 2. The Labute approximate surface area is 128 Å². The maximum absolute atomic E-state index is 11.8. The average Bonchev–Trinajstić information content (AvgIpc) is 2.99. The van der Waals surface area contributed by atoms with Crippen molar-refractivity contribution in [3.8, 4) is 0 Å². The second-order valence-electron chi connectivity index (χ2n) is 6.60. The minimum Gasteiger partial charge on any atom is -0.389 e. The normalized spacial score (nSPS) is 27.8. The zero-order chi connectivity index (χ0) is 15.1. The first-order valence-electron chi connectivity index (χ1n) is 8.43. The second-order valence-corrected chi connectivity index (χ2v) is 6.60. The van der Waals surface area contributed by atoms with Gasteiger partial charge >= 0.3 is 0 Å². The van der Waals surface area contributed by atoms with Gasteiger partial charge in [-0.05, 0) is 31.6 Å². The van der Waals surface area contributed by atoms with Crippen LogP contribution in [0.1, 0.15) is 45.4 Å². The Morgan fingerprint density at radius 3 is 2.81 bits per heavy atom. The van der Waals surface area contributed by atoms with E-state index in [1.807, 2.05) is 4.90 Å². The molecule has 2 aliphatic rings. The van der Waals surface area contributed by atoms with Crippen LogP contribution in [-0.2, 0) is 9.53 Å². The van der Waals surface area contributed by atoms with Crippen LogP contribution in [0.4, 0.5) is 0 Å². The van der Waals surface area contributed by atoms with E-state index in [2.05, 4.69) is 12.2 Å². The van der Waals surface area contributed by atoms with E-state index < -0.39 is 6.10 Å². The van der Waals surface area contributed by atoms with Crippen LogP contribution >= 0.6 is 0 Å². The van der Waals surface area contributed by atoms with Gasteiger partial charge < -0.3 is 20.1 Å². The lowest BCUT2D eigenvalue weighted by Gasteiger charge is -2.27. The highest BCUT2D eigenvalue weighted by Gasteiger charge is 2.21. The number of ether oxygens (including phenoxy) is 1. The lowest BCUT2D eigenvalue weighted by Crippen LogP contribution is -2.40. The summed E-state index contributed by atoms with van der Waals surface area (Å²) in [6.45, 7) is 5.12. The highest BCUT2D eigenvalue weighted by molar-refractivity contribution is 5.78. The van der Waals surface area contributed by atoms with Gasteiger partial charge in [0.05, 0.1) is 25.4 Å². The van der Waals surface area contributed by atoms with E-state index >= 15 is 0 Å². The van der Waals surface area contributed by atoms with Crippen molar-refractivity contribution in [1.29, 1.82) is 0 Å². The first-order chi connectivity index (χ1) is 10.1. The Bertz CT molecular complexity index is 319. The van der Waals surface area contributed by atoms with E-state index in [4.69, 9.17) is 4.74 Å². The number of nitrogens with zero attached hydrogens (tertiary/aromatic N) is 1. The molecule has 5 nitrogen and oxygen atoms in total. The topological polar surface area (TPSA) is 61.8 Å². The first-order valence-corrected chi connectivity index (χ1v) is 8.43. The third-order valence-corrected chi connectivity index (χ3v) is 4.53. The Morgan fingerprint density at radius 1 is 1.33 bits per heavy atom. The van der Waals surface area contributed by atoms with Crippen molar-refractivity contribution in [1.82, 2.24) is 10.2 Å². The highest BCUT2D eigenvalue weighted by Crippen LogP contribution is 2.25. The summed E-state index contributed by atoms with van der Waals surface area (Å²) in [5, 5.41) is 12.9. The maximum atomic E-state index is 11.8. The van der Waals surface area contributed by atoms with E-state index in [-0.39, 0.29) is 5.91 Å². The van der Waals surface area contributed by atoms with Gasteiger partial charge in [-0.1, -0.05) is 19.8 Å². The van der Waals surface area contributed by atoms with Crippen molar-refractivity contribution in [2.45, 2.75) is 57.7 Å². The summed E-state index contributed by atoms with van der Waals surface area (Å²) in [4.78, 5) is 13.7. The Morgan fingerprint density at radius 2 is 2.10 bits per heavy atom. The van der Waals surface area contributed by atoms with Gasteiger partial charge in [-0.25, -0.2) is 0 Å². The Kier molecular flexibility index (Phi) is 6.93. The molecule has 0 aromatic rings. The van der Waals surface area contributed by atoms with Crippen molar-refractivity contribution >= 4 is 5.91 Å². The number of amides is 1. The summed E-state index contributed by atoms with van der Waals surface area (Å²) in [6.07, 6.45) is 6.73. The Balaban J connectivity index is 1.52. The molecule has 1 saturated carbocycles. The number of aliphatic hydroxyl groups excluding tert-OH is 1. The van der Waals surface area contributed by atoms with E-state index in [1.54, 1.807) is 0 Å². The summed E-state index contributed by atoms with van der Waals surface area (Å²) in [6, 6.07) is 0. The molecule has 3 atom stereocenters. The van der Waals surface area contributed by atoms with Gasteiger partial charge in [0.15, 0.2) is 0 Å². The molecule has 122 valence electrons. The molecule has 1 saturated heterocycles. The van der Waals surface area contributed by atoms with Crippen molar-refractivity contribution in [3.63, 3.8) is 0 Å². The van der Waals surface area contributed by atoms with Crippen LogP contribution in [0.25, 0.3) is 0 Å². The SMILES string of the molecule is CC1CCCC(OCC(O)CNCC(=O)N2CCCC2)C1. The summed E-state index contributed by atoms with van der Waals surface area (Å²) >= 11 is 0. The molecule has 21 heavy (non-hydrogen) atoms. The molecule has 3 unspecified atom stereocenters. The molecule has 0 spiro atoms. The van der Waals surface area contributed by atoms with Crippen LogP contribution in [0.2, 0.25) is 0 Å². The van der Waals surface area contributed by atoms with E-state index in [1.165, 1.54) is 12.8 Å². The lowest BCUT2D eigenvalue weighted by atomic mass is 9.89. The Hall–Kier alpha value is -0.650. The lowest BCUT2D eigenvalue weighted by molar-refractivity contribution is -0.129. The largest absolute Gasteiger partial charge is 0.389 e. The fraction of sp³-hybridized carbons (Fsp3) is 0.938. The smallest absolute Gasteiger partial charge is 0.236 e. The van der Waals surface area contributed by atoms with Crippen molar-refractivity contribution < 1.29 is 14.6 Å². The van der Waals surface area contributed by atoms with Gasteiger partial charge in [-0.3, -0.25) is 4.79 Å². The molecule has 1 amide bonds. The van der Waals surface area contributed by atoms with Gasteiger partial charge in [-0.15, -0.1) is 0 Å². The first kappa shape index (κ1) is 16.7. The van der Waals surface area contributed by atoms with Gasteiger partial charge in [0.1, 0.15) is 0 Å². The molecule has 0 aromatic heterocycles. The molecule has 2 fully saturated rings. The van der Waals surface area contributed by atoms with Gasteiger partial charge in [0, 0.05) is 19.6 Å². The van der Waals surface area contributed by atoms with Crippen LogP contribution in [0.3, 0.4) is 0 Å². The molecular formula is C16H30N2O3. The average molecular weight is 298 g/mol. The molecule has 0 radical (unpaired) electrons. The predicted molar refractivity (Wildman–Crippen MR) is 82.1 cm³/mol. The van der Waals surface area contributed by atoms with Gasteiger partial charge in [0.2, 0.25) is 5.91 Å². The molecule has 1 heterocycles. The molecular weight excluding hydrogens is 268 g/mol. The summed E-state index contributed by atoms with van der Waals surface area (Å²) in [5.41, 5.74) is 0. The zero-order valence-electron chi connectivity index (χ0n) is 13.2. The highest BCUT2D eigenvalue weighted by atomic mass is 16.5. The molecule has 2 N–H and O–H groups in total. The quantitative estimate of drug-likeness (QED) is 0.740. The van der Waals surface area contributed by atoms with E-state index in [0.29, 0.717) is 25.8 Å². The van der Waals surface area contributed by atoms with Crippen LogP contribution < -0.4 is 5.32 Å². The van der Waals surface area contributed by atoms with Crippen molar-refractivity contribution in [2.75, 3.05) is 32.8 Å². The number of carbonyl (C=O) groups excluding carboxylic acids is 1. The number of rotatable bonds is 7. The second kappa shape index (κ2) is 8.71. The van der Waals surface area contributed by atoms with Crippen LogP contribution in [0.5, 0.6) is 0 Å². The molecule has 5 heteroatoms. The van der Waals surface area contributed by atoms with Crippen LogP contribution in [0.15, 0.2) is 0 Å². The summed E-state index contributed by atoms with van der Waals surface area (Å²) < 4.78 is 5.79. The monoisotopic (exact) mass is 298 g/mol. The van der Waals surface area contributed by atoms with Crippen molar-refractivity contribution in [3.05, 3.63) is 0 Å². The van der Waals surface area contributed by atoms with Crippen LogP contribution in [0, 0.1) is 5.92 Å². The molecule has 2 rings (SSSR count). The standard InChI is InChI=1S/C16H30N2O3/c1-13-5-4-6-15(9-13)21-12-14(19)10-17-11-16(20)18-7-2-3-8-18/h13-15,17,19H,2-12H2,1H3. The van der Waals surface area contributed by atoms with E-state index in [9.17, 15) is 9.90 Å². The maximum Gasteiger partial charge on any atom is 0.236 e. The number of likely N-dealkylation sites (tertiary alicyclic amines) is 1. The fourth-order valence-electron chi connectivity index (χ4n) is 3.26. The fourth-order valence-corrected chi connectivity index (χ4v) is 3.26. The third kappa shape index (κ3) is 5.93. The zero-order valence-corrected chi connectivity index (χ0v) is 13.2. The minimum atomic E-state index is -0.534. The minimum absolute atomic E-state index is 0.140. The summed E-state index contributed by atoms with van der Waals surface area (Å²) in [7, 11) is 0. The number of hydrogen-bond acceptors (Lipinski definition) is 4. The molecule has 0 bridgehead atoms. The predicted octanol–water partition coefficient (Wildman–Crippen LogP) is 1.15. The molecule has 0 aromatic carbocycles. The van der Waals surface area contributed by atoms with Crippen LogP contribution in [-0.4, -0.2) is 60.9 Å². The number of carbonyl (C=O) groups is 1. The van der Waals surface area contributed by atoms with Gasteiger partial charge in [-0.2, -0.15) is 0 Å². The summed E-state index contributed by atoms with van der Waals surface area (Å²) in [5.74, 6) is 0.874. The molecule has 1 aliphatic carbocycles. The van der Waals surface area contributed by atoms with E-state index in [0.717, 1.165) is 44.7 Å². The number of aliphatic hydroxyl groups is 1.